The van der Waals surface area contributed by atoms with Gasteiger partial charge in [0.2, 0.25) is 0 Å². The van der Waals surface area contributed by atoms with Crippen molar-refractivity contribution in [3.8, 4) is 0 Å². The van der Waals surface area contributed by atoms with Crippen LogP contribution in [0.5, 0.6) is 0 Å². The van der Waals surface area contributed by atoms with Gasteiger partial charge in [0.25, 0.3) is 0 Å². The Morgan fingerprint density at radius 3 is 1.36 bits per heavy atom. The van der Waals surface area contributed by atoms with E-state index in [9.17, 15) is 0 Å². The molecule has 25 heavy (non-hydrogen) atoms. The summed E-state index contributed by atoms with van der Waals surface area (Å²) in [4.78, 5) is 4.57. The third-order valence-electron chi connectivity index (χ3n) is 4.30. The Bertz CT molecular complexity index is 637. The van der Waals surface area contributed by atoms with Gasteiger partial charge in [-0.25, -0.2) is 0 Å². The molecule has 0 heterocycles. The molecule has 2 aromatic rings. The Hall–Kier alpha value is -1.21. The van der Waals surface area contributed by atoms with Gasteiger partial charge in [-0.2, -0.15) is 0 Å². The van der Waals surface area contributed by atoms with Crippen LogP contribution in [0.4, 0.5) is 0 Å². The second-order valence-corrected chi connectivity index (χ2v) is 20.7. The predicted octanol–water partition coefficient (Wildman–Crippen LogP) is 2.84. The summed E-state index contributed by atoms with van der Waals surface area (Å²) in [6, 6.07) is 18.3. The molecule has 0 unspecified atom stereocenters. The monoisotopic (exact) mass is 369 g/mol. The minimum absolute atomic E-state index is 0.779. The van der Waals surface area contributed by atoms with E-state index < -0.39 is 15.9 Å². The minimum atomic E-state index is -1.37. The van der Waals surface area contributed by atoms with Crippen molar-refractivity contribution in [2.75, 3.05) is 28.2 Å². The first kappa shape index (κ1) is 20.1. The summed E-state index contributed by atoms with van der Waals surface area (Å²) in [5.74, 6) is 0. The number of rotatable bonds is 7. The molecule has 0 amide bonds. The van der Waals surface area contributed by atoms with Crippen LogP contribution in [0.25, 0.3) is 0 Å². The third-order valence-corrected chi connectivity index (χ3v) is 14.0. The Morgan fingerprint density at radius 2 is 1.04 bits per heavy atom. The zero-order valence-electron chi connectivity index (χ0n) is 16.9. The van der Waals surface area contributed by atoms with E-state index in [0.29, 0.717) is 0 Å². The first-order valence-electron chi connectivity index (χ1n) is 9.03. The Morgan fingerprint density at radius 1 is 0.680 bits per heavy atom. The van der Waals surface area contributed by atoms with Crippen molar-refractivity contribution >= 4 is 26.3 Å². The lowest BCUT2D eigenvalue weighted by Crippen LogP contribution is -2.61. The first-order chi connectivity index (χ1) is 11.7. The summed E-state index contributed by atoms with van der Waals surface area (Å²) in [5, 5.41) is 3.23. The van der Waals surface area contributed by atoms with Crippen LogP contribution in [0.15, 0.2) is 48.5 Å². The molecule has 135 valence electrons. The molecule has 0 aromatic heterocycles. The van der Waals surface area contributed by atoms with E-state index in [-0.39, 0.29) is 0 Å². The Labute approximate surface area is 156 Å². The van der Waals surface area contributed by atoms with E-state index in [1.807, 2.05) is 0 Å². The van der Waals surface area contributed by atoms with Gasteiger partial charge in [0.05, 0.1) is 0 Å². The second-order valence-electron chi connectivity index (χ2n) is 8.41. The summed E-state index contributed by atoms with van der Waals surface area (Å²) < 4.78 is 0. The van der Waals surface area contributed by atoms with Crippen molar-refractivity contribution in [3.63, 3.8) is 0 Å². The van der Waals surface area contributed by atoms with Crippen LogP contribution in [-0.2, 0) is 13.1 Å². The van der Waals surface area contributed by atoms with Crippen molar-refractivity contribution in [1.82, 2.24) is 9.80 Å². The van der Waals surface area contributed by atoms with Crippen LogP contribution in [0.3, 0.4) is 0 Å². The van der Waals surface area contributed by atoms with Crippen molar-refractivity contribution in [1.29, 1.82) is 0 Å². The van der Waals surface area contributed by atoms with Gasteiger partial charge in [0.15, 0.2) is 0 Å². The molecule has 1 radical (unpaired) electrons. The standard InChI is InChI=1S/C21H33N2Si2/c1-22(2)16-18-12-8-10-14-20(18)24(25(5,6)7)21-15-11-9-13-19(21)17-23(3)4/h8-15H,16-17H2,1-7H3. The van der Waals surface area contributed by atoms with Gasteiger partial charge in [-0.1, -0.05) is 78.5 Å². The summed E-state index contributed by atoms with van der Waals surface area (Å²) >= 11 is 0. The molecule has 0 fully saturated rings. The normalized spacial score (nSPS) is 12.4. The van der Waals surface area contributed by atoms with Crippen LogP contribution < -0.4 is 10.4 Å². The first-order valence-corrected chi connectivity index (χ1v) is 15.0. The van der Waals surface area contributed by atoms with Gasteiger partial charge in [0, 0.05) is 20.7 Å². The zero-order chi connectivity index (χ0) is 18.6. The molecule has 2 rings (SSSR count). The highest BCUT2D eigenvalue weighted by molar-refractivity contribution is 7.41. The van der Waals surface area contributed by atoms with Crippen LogP contribution >= 0.6 is 0 Å². The van der Waals surface area contributed by atoms with E-state index in [4.69, 9.17) is 0 Å². The number of benzene rings is 2. The maximum atomic E-state index is 2.54. The van der Waals surface area contributed by atoms with Crippen LogP contribution in [-0.4, -0.2) is 53.9 Å². The molecule has 0 bridgehead atoms. The van der Waals surface area contributed by atoms with Crippen molar-refractivity contribution in [3.05, 3.63) is 59.7 Å². The molecule has 2 aromatic carbocycles. The topological polar surface area (TPSA) is 6.48 Å². The molecule has 4 heteroatoms. The molecule has 0 saturated carbocycles. The highest BCUT2D eigenvalue weighted by Crippen LogP contribution is 2.14. The van der Waals surface area contributed by atoms with Crippen molar-refractivity contribution in [2.24, 2.45) is 0 Å². The number of hydrogen-bond acceptors (Lipinski definition) is 2. The van der Waals surface area contributed by atoms with Crippen LogP contribution in [0.2, 0.25) is 19.6 Å². The number of nitrogens with zero attached hydrogens (tertiary/aromatic N) is 2. The molecule has 0 spiro atoms. The lowest BCUT2D eigenvalue weighted by Gasteiger charge is -2.32. The zero-order valence-corrected chi connectivity index (χ0v) is 18.9. The van der Waals surface area contributed by atoms with Gasteiger partial charge in [-0.3, -0.25) is 0 Å². The summed E-state index contributed by atoms with van der Waals surface area (Å²) in [5.41, 5.74) is 3.01. The van der Waals surface area contributed by atoms with Gasteiger partial charge < -0.3 is 9.80 Å². The largest absolute Gasteiger partial charge is 0.305 e. The van der Waals surface area contributed by atoms with Gasteiger partial charge in [0.1, 0.15) is 8.31 Å². The maximum Gasteiger partial charge on any atom is 0.112 e. The van der Waals surface area contributed by atoms with Gasteiger partial charge in [-0.15, -0.1) is 0 Å². The van der Waals surface area contributed by atoms with Crippen molar-refractivity contribution in [2.45, 2.75) is 32.7 Å². The Kier molecular flexibility index (Phi) is 6.80. The summed E-state index contributed by atoms with van der Waals surface area (Å²) in [6.45, 7) is 9.66. The molecule has 0 N–H and O–H groups in total. The van der Waals surface area contributed by atoms with E-state index in [1.54, 1.807) is 10.4 Å². The van der Waals surface area contributed by atoms with Crippen molar-refractivity contribution < 1.29 is 0 Å². The minimum Gasteiger partial charge on any atom is -0.305 e. The molecular weight excluding hydrogens is 336 g/mol. The third kappa shape index (κ3) is 5.38. The van der Waals surface area contributed by atoms with Gasteiger partial charge in [-0.05, 0) is 39.3 Å². The highest BCUT2D eigenvalue weighted by Gasteiger charge is 2.34. The fourth-order valence-corrected chi connectivity index (χ4v) is 13.1. The SMILES string of the molecule is CN(C)Cc1ccccc1[Si](c1ccccc1CN(C)C)[Si](C)(C)C. The van der Waals surface area contributed by atoms with E-state index in [1.165, 1.54) is 11.1 Å². The quantitative estimate of drug-likeness (QED) is 0.693. The summed E-state index contributed by atoms with van der Waals surface area (Å²) in [6.07, 6.45) is 0. The summed E-state index contributed by atoms with van der Waals surface area (Å²) in [7, 11) is 6.51. The van der Waals surface area contributed by atoms with E-state index >= 15 is 0 Å². The van der Waals surface area contributed by atoms with Crippen LogP contribution in [0.1, 0.15) is 11.1 Å². The molecule has 2 nitrogen and oxygen atoms in total. The highest BCUT2D eigenvalue weighted by atomic mass is 29.2. The average molecular weight is 370 g/mol. The average Bonchev–Trinajstić information content (AvgIpc) is 2.48. The molecule has 0 atom stereocenters. The van der Waals surface area contributed by atoms with Crippen LogP contribution in [0, 0.1) is 0 Å². The lowest BCUT2D eigenvalue weighted by molar-refractivity contribution is 0.403. The van der Waals surface area contributed by atoms with E-state index in [2.05, 4.69) is 106 Å². The fraction of sp³-hybridized carbons (Fsp3) is 0.429. The molecule has 0 saturated heterocycles. The predicted molar refractivity (Wildman–Crippen MR) is 116 cm³/mol. The van der Waals surface area contributed by atoms with Gasteiger partial charge >= 0.3 is 0 Å². The molecule has 0 aliphatic carbocycles. The number of hydrogen-bond donors (Lipinski definition) is 0. The lowest BCUT2D eigenvalue weighted by atomic mass is 10.2. The Balaban J connectivity index is 2.61. The molecular formula is C21H33N2Si2. The molecule has 0 aliphatic heterocycles. The molecule has 0 aliphatic rings. The second kappa shape index (κ2) is 8.45. The fourth-order valence-electron chi connectivity index (χ4n) is 3.44. The maximum absolute atomic E-state index is 2.54. The smallest absolute Gasteiger partial charge is 0.112 e. The van der Waals surface area contributed by atoms with E-state index in [0.717, 1.165) is 13.1 Å².